The number of thiophene rings is 3. The van der Waals surface area contributed by atoms with Crippen LogP contribution in [0.3, 0.4) is 0 Å². The fourth-order valence-corrected chi connectivity index (χ4v) is 12.5. The Balaban J connectivity index is 1.28. The van der Waals surface area contributed by atoms with Crippen molar-refractivity contribution in [1.82, 2.24) is 14.5 Å². The summed E-state index contributed by atoms with van der Waals surface area (Å²) in [5.74, 6) is 0.865. The number of nitrogens with zero attached hydrogens (tertiary/aromatic N) is 3. The van der Waals surface area contributed by atoms with Gasteiger partial charge in [-0.2, -0.15) is 0 Å². The zero-order chi connectivity index (χ0) is 35.1. The van der Waals surface area contributed by atoms with Crippen LogP contribution in [0.15, 0.2) is 152 Å². The van der Waals surface area contributed by atoms with Gasteiger partial charge in [-0.1, -0.05) is 133 Å². The number of hydrogen-bond acceptors (Lipinski definition) is 5. The van der Waals surface area contributed by atoms with Crippen LogP contribution in [0.2, 0.25) is 0 Å². The van der Waals surface area contributed by atoms with E-state index >= 15 is 0 Å². The van der Waals surface area contributed by atoms with Gasteiger partial charge in [-0.15, -0.1) is 34.0 Å². The van der Waals surface area contributed by atoms with E-state index < -0.39 is 0 Å². The molecule has 0 saturated carbocycles. The van der Waals surface area contributed by atoms with Crippen molar-refractivity contribution >= 4 is 138 Å². The quantitative estimate of drug-likeness (QED) is 0.177. The summed E-state index contributed by atoms with van der Waals surface area (Å²) in [6.45, 7) is 0. The van der Waals surface area contributed by atoms with Gasteiger partial charge >= 0.3 is 0 Å². The molecule has 250 valence electrons. The van der Waals surface area contributed by atoms with Crippen molar-refractivity contribution in [2.75, 3.05) is 0 Å². The van der Waals surface area contributed by atoms with E-state index in [0.29, 0.717) is 0 Å². The van der Waals surface area contributed by atoms with Gasteiger partial charge in [0, 0.05) is 62.1 Å². The van der Waals surface area contributed by atoms with Crippen molar-refractivity contribution in [2.45, 2.75) is 0 Å². The highest BCUT2D eigenvalue weighted by molar-refractivity contribution is 7.28. The van der Waals surface area contributed by atoms with E-state index in [4.69, 9.17) is 9.97 Å². The fraction of sp³-hybridized carbons (Fsp3) is 0. The fourth-order valence-electron chi connectivity index (χ4n) is 8.91. The minimum absolute atomic E-state index is 0.865. The standard InChI is InChI=1S/C48H25N3S3/c1-2-13-27-26(12-1)24-25-34-40-30-16-4-3-15-29(30)39-32-17-5-8-21-36(32)51(43(39)46(40)54-44(27)34)47-41(49-42-33-18-7-10-23-38(33)53-48(42)50-47)35-20-11-19-31-28-14-6-9-22-37(28)52-45(31)35/h1-25H. The molecule has 8 aromatic carbocycles. The van der Waals surface area contributed by atoms with Gasteiger partial charge in [0.25, 0.3) is 0 Å². The van der Waals surface area contributed by atoms with Gasteiger partial charge in [-0.3, -0.25) is 4.57 Å². The molecule has 3 nitrogen and oxygen atoms in total. The van der Waals surface area contributed by atoms with E-state index in [1.54, 1.807) is 11.3 Å². The number of para-hydroxylation sites is 1. The molecule has 54 heavy (non-hydrogen) atoms. The molecule has 6 heteroatoms. The smallest absolute Gasteiger partial charge is 0.166 e. The molecule has 13 rings (SSSR count). The Kier molecular flexibility index (Phi) is 5.81. The molecule has 0 aliphatic rings. The maximum absolute atomic E-state index is 5.71. The number of fused-ring (bicyclic) bond motifs is 18. The lowest BCUT2D eigenvalue weighted by molar-refractivity contribution is 1.09. The van der Waals surface area contributed by atoms with Gasteiger partial charge in [0.1, 0.15) is 16.0 Å². The summed E-state index contributed by atoms with van der Waals surface area (Å²) in [7, 11) is 0. The van der Waals surface area contributed by atoms with Crippen LogP contribution in [0.1, 0.15) is 0 Å². The molecule has 0 unspecified atom stereocenters. The Bertz CT molecular complexity index is 3750. The second-order valence-electron chi connectivity index (χ2n) is 14.0. The van der Waals surface area contributed by atoms with E-state index in [1.807, 2.05) is 22.7 Å². The zero-order valence-corrected chi connectivity index (χ0v) is 30.9. The first-order valence-electron chi connectivity index (χ1n) is 18.1. The lowest BCUT2D eigenvalue weighted by Gasteiger charge is -2.14. The zero-order valence-electron chi connectivity index (χ0n) is 28.5. The van der Waals surface area contributed by atoms with Crippen LogP contribution >= 0.6 is 34.0 Å². The second kappa shape index (κ2) is 10.7. The summed E-state index contributed by atoms with van der Waals surface area (Å²) in [6, 6.07) is 55.3. The number of benzene rings is 8. The van der Waals surface area contributed by atoms with Crippen molar-refractivity contribution in [2.24, 2.45) is 0 Å². The second-order valence-corrected chi connectivity index (χ2v) is 17.1. The van der Waals surface area contributed by atoms with E-state index in [0.717, 1.165) is 38.3 Å². The van der Waals surface area contributed by atoms with Gasteiger partial charge in [-0.05, 0) is 39.7 Å². The lowest BCUT2D eigenvalue weighted by atomic mass is 9.98. The van der Waals surface area contributed by atoms with Crippen LogP contribution in [-0.4, -0.2) is 14.5 Å². The van der Waals surface area contributed by atoms with Crippen molar-refractivity contribution < 1.29 is 0 Å². The molecule has 0 atom stereocenters. The summed E-state index contributed by atoms with van der Waals surface area (Å²) in [4.78, 5) is 12.3. The first-order valence-corrected chi connectivity index (χ1v) is 20.5. The average molecular weight is 740 g/mol. The third-order valence-corrected chi connectivity index (χ3v) is 14.7. The highest BCUT2D eigenvalue weighted by atomic mass is 32.1. The van der Waals surface area contributed by atoms with E-state index in [9.17, 15) is 0 Å². The maximum atomic E-state index is 5.71. The van der Waals surface area contributed by atoms with Crippen molar-refractivity contribution in [1.29, 1.82) is 0 Å². The van der Waals surface area contributed by atoms with Crippen LogP contribution in [0.5, 0.6) is 0 Å². The predicted octanol–water partition coefficient (Wildman–Crippen LogP) is 14.7. The molecule has 13 aromatic rings. The van der Waals surface area contributed by atoms with Gasteiger partial charge in [0.15, 0.2) is 5.82 Å². The maximum Gasteiger partial charge on any atom is 0.166 e. The van der Waals surface area contributed by atoms with Gasteiger partial charge in [0.2, 0.25) is 0 Å². The molecular weight excluding hydrogens is 715 g/mol. The molecule has 5 heterocycles. The van der Waals surface area contributed by atoms with Gasteiger partial charge < -0.3 is 0 Å². The van der Waals surface area contributed by atoms with E-state index in [-0.39, 0.29) is 0 Å². The Morgan fingerprint density at radius 3 is 1.93 bits per heavy atom. The minimum Gasteiger partial charge on any atom is -0.290 e. The third-order valence-electron chi connectivity index (χ3n) is 11.2. The largest absolute Gasteiger partial charge is 0.290 e. The number of hydrogen-bond donors (Lipinski definition) is 0. The van der Waals surface area contributed by atoms with Crippen molar-refractivity contribution in [3.05, 3.63) is 152 Å². The number of aromatic nitrogens is 3. The predicted molar refractivity (Wildman–Crippen MR) is 235 cm³/mol. The number of rotatable bonds is 2. The van der Waals surface area contributed by atoms with Crippen molar-refractivity contribution in [3.63, 3.8) is 0 Å². The molecule has 0 aliphatic heterocycles. The molecule has 0 N–H and O–H groups in total. The summed E-state index contributed by atoms with van der Waals surface area (Å²) >= 11 is 5.48. The highest BCUT2D eigenvalue weighted by Crippen LogP contribution is 2.50. The Morgan fingerprint density at radius 2 is 1.07 bits per heavy atom. The molecular formula is C48H25N3S3. The topological polar surface area (TPSA) is 30.7 Å². The first-order chi connectivity index (χ1) is 26.8. The van der Waals surface area contributed by atoms with Gasteiger partial charge in [0.05, 0.1) is 15.7 Å². The van der Waals surface area contributed by atoms with Crippen LogP contribution < -0.4 is 0 Å². The Hall–Kier alpha value is -6.18. The van der Waals surface area contributed by atoms with Crippen LogP contribution in [0.4, 0.5) is 0 Å². The van der Waals surface area contributed by atoms with Crippen LogP contribution in [0.25, 0.3) is 121 Å². The molecule has 0 bridgehead atoms. The molecule has 0 amide bonds. The molecule has 0 radical (unpaired) electrons. The van der Waals surface area contributed by atoms with E-state index in [1.165, 1.54) is 82.9 Å². The van der Waals surface area contributed by atoms with Crippen molar-refractivity contribution in [3.8, 4) is 17.1 Å². The van der Waals surface area contributed by atoms with E-state index in [2.05, 4.69) is 156 Å². The van der Waals surface area contributed by atoms with Crippen LogP contribution in [0, 0.1) is 0 Å². The summed E-state index contributed by atoms with van der Waals surface area (Å²) < 4.78 is 8.75. The summed E-state index contributed by atoms with van der Waals surface area (Å²) in [6.07, 6.45) is 0. The Morgan fingerprint density at radius 1 is 0.407 bits per heavy atom. The SMILES string of the molecule is c1ccc2c(c1)ccc1c2sc2c1c1ccccc1c1c3ccccc3n(-c3nc4sc5ccccc5c4nc3-c3cccc4c3sc3ccccc34)c21. The first kappa shape index (κ1) is 29.3. The molecule has 0 fully saturated rings. The molecule has 0 saturated heterocycles. The monoisotopic (exact) mass is 739 g/mol. The summed E-state index contributed by atoms with van der Waals surface area (Å²) in [5, 5.41) is 13.8. The molecule has 0 aliphatic carbocycles. The van der Waals surface area contributed by atoms with Gasteiger partial charge in [-0.25, -0.2) is 9.97 Å². The average Bonchev–Trinajstić information content (AvgIpc) is 3.99. The Labute approximate surface area is 319 Å². The highest BCUT2D eigenvalue weighted by Gasteiger charge is 2.26. The lowest BCUT2D eigenvalue weighted by Crippen LogP contribution is -2.03. The van der Waals surface area contributed by atoms with Crippen LogP contribution in [-0.2, 0) is 0 Å². The summed E-state index contributed by atoms with van der Waals surface area (Å²) in [5.41, 5.74) is 5.29. The third kappa shape index (κ3) is 3.79. The molecule has 5 aromatic heterocycles. The normalized spacial score (nSPS) is 12.4. The molecule has 0 spiro atoms. The minimum atomic E-state index is 0.865.